The summed E-state index contributed by atoms with van der Waals surface area (Å²) < 4.78 is 2.10. The molecule has 0 saturated carbocycles. The van der Waals surface area contributed by atoms with Crippen LogP contribution >= 0.6 is 0 Å². The molecule has 1 heterocycles. The molecule has 0 fully saturated rings. The van der Waals surface area contributed by atoms with Crippen molar-refractivity contribution in [3.63, 3.8) is 0 Å². The average Bonchev–Trinajstić information content (AvgIpc) is 3.60. The molecule has 1 aliphatic carbocycles. The molecule has 5 rings (SSSR count). The van der Waals surface area contributed by atoms with Crippen LogP contribution in [-0.4, -0.2) is 45.5 Å². The van der Waals surface area contributed by atoms with Crippen LogP contribution in [-0.2, 0) is 20.4 Å². The van der Waals surface area contributed by atoms with Gasteiger partial charge in [-0.3, -0.25) is 9.59 Å². The van der Waals surface area contributed by atoms with E-state index in [0.717, 1.165) is 63.0 Å². The minimum atomic E-state index is -0.856. The first-order valence-electron chi connectivity index (χ1n) is 17.4. The zero-order valence-electron chi connectivity index (χ0n) is 29.5. The second-order valence-electron chi connectivity index (χ2n) is 13.6. The van der Waals surface area contributed by atoms with Crippen molar-refractivity contribution in [2.45, 2.75) is 63.2 Å². The summed E-state index contributed by atoms with van der Waals surface area (Å²) in [6, 6.07) is 22.8. The molecule has 0 spiro atoms. The maximum absolute atomic E-state index is 11.6. The number of nitrogens with one attached hydrogen (secondary N) is 1. The van der Waals surface area contributed by atoms with Gasteiger partial charge in [0.15, 0.2) is 12.3 Å². The number of para-hydroxylation sites is 1. The SMILES string of the molecule is C=CCC1(C)C(/C=C/C2=C(C#N)C(=C/C=C/[C@@](C)(CC=C)c3c(NCCC(=O)O)ccc4ccccc34)/CC2)=[N+](CCC(=O)O)c2ccccc21. The number of allylic oxidation sites excluding steroid dienone is 10. The van der Waals surface area contributed by atoms with Gasteiger partial charge in [0, 0.05) is 35.4 Å². The number of carbonyl (C=O) groups is 2. The third-order valence-electron chi connectivity index (χ3n) is 10.1. The third kappa shape index (κ3) is 7.71. The van der Waals surface area contributed by atoms with E-state index in [9.17, 15) is 25.1 Å². The van der Waals surface area contributed by atoms with Gasteiger partial charge in [-0.1, -0.05) is 91.9 Å². The van der Waals surface area contributed by atoms with E-state index in [2.05, 4.69) is 73.3 Å². The first kappa shape index (κ1) is 36.5. The number of anilines is 1. The number of fused-ring (bicyclic) bond motifs is 2. The molecular weight excluding hydrogens is 635 g/mol. The molecule has 3 aromatic carbocycles. The number of hydrogen-bond acceptors (Lipinski definition) is 4. The molecule has 0 amide bonds. The maximum atomic E-state index is 11.6. The summed E-state index contributed by atoms with van der Waals surface area (Å²) in [4.78, 5) is 22.9. The quantitative estimate of drug-likeness (QED) is 0.103. The number of hydrogen-bond donors (Lipinski definition) is 3. The van der Waals surface area contributed by atoms with Gasteiger partial charge in [0.25, 0.3) is 0 Å². The number of carboxylic acids is 2. The van der Waals surface area contributed by atoms with Gasteiger partial charge in [-0.25, -0.2) is 0 Å². The van der Waals surface area contributed by atoms with Gasteiger partial charge in [-0.05, 0) is 66.2 Å². The summed E-state index contributed by atoms with van der Waals surface area (Å²) in [5.74, 6) is -1.71. The topological polar surface area (TPSA) is 113 Å². The standard InChI is InChI=1S/C44H45N3O4/c1-5-25-43(3,42-34-14-8-7-12-31(34)19-21-37(42)46-28-23-40(48)49)27-11-13-32-17-18-33(35(32)30-45)20-22-39-44(4,26-6-2)36-15-9-10-16-38(36)47(39)29-24-41(50)51/h5-16,19-22,27,46H,1-2,17-18,23-26,28-29H2,3-4H3,(H-,48,49,50,51)/p+1/b22-20+,27-11+,32-13+/t43-,44?/m1/s1. The van der Waals surface area contributed by atoms with Crippen molar-refractivity contribution in [1.82, 2.24) is 0 Å². The van der Waals surface area contributed by atoms with E-state index < -0.39 is 17.4 Å². The Morgan fingerprint density at radius 1 is 1.00 bits per heavy atom. The minimum absolute atomic E-state index is 0.00461. The van der Waals surface area contributed by atoms with Crippen LogP contribution in [0.15, 0.2) is 133 Å². The highest BCUT2D eigenvalue weighted by Gasteiger charge is 2.46. The smallest absolute Gasteiger partial charge is 0.309 e. The van der Waals surface area contributed by atoms with E-state index in [1.54, 1.807) is 0 Å². The average molecular weight is 681 g/mol. The zero-order chi connectivity index (χ0) is 36.6. The normalized spacial score (nSPS) is 19.1. The molecule has 7 heteroatoms. The highest BCUT2D eigenvalue weighted by Crippen LogP contribution is 2.44. The second kappa shape index (κ2) is 15.9. The van der Waals surface area contributed by atoms with Crippen LogP contribution in [0.1, 0.15) is 63.5 Å². The predicted molar refractivity (Wildman–Crippen MR) is 206 cm³/mol. The Kier molecular flexibility index (Phi) is 11.4. The molecule has 1 aliphatic heterocycles. The monoisotopic (exact) mass is 680 g/mol. The van der Waals surface area contributed by atoms with Gasteiger partial charge in [-0.2, -0.15) is 9.84 Å². The Balaban J connectivity index is 1.51. The van der Waals surface area contributed by atoms with E-state index >= 15 is 0 Å². The predicted octanol–water partition coefficient (Wildman–Crippen LogP) is 9.32. The molecular formula is C44H46N3O4+. The Labute approximate surface area is 300 Å². The van der Waals surface area contributed by atoms with Crippen molar-refractivity contribution >= 4 is 39.8 Å². The molecule has 7 nitrogen and oxygen atoms in total. The van der Waals surface area contributed by atoms with Crippen molar-refractivity contribution in [2.75, 3.05) is 18.4 Å². The van der Waals surface area contributed by atoms with E-state index in [0.29, 0.717) is 31.5 Å². The molecule has 0 saturated heterocycles. The van der Waals surface area contributed by atoms with Crippen molar-refractivity contribution in [1.29, 1.82) is 5.26 Å². The highest BCUT2D eigenvalue weighted by molar-refractivity contribution is 6.04. The summed E-state index contributed by atoms with van der Waals surface area (Å²) in [5.41, 5.74) is 6.78. The van der Waals surface area contributed by atoms with Gasteiger partial charge in [0.2, 0.25) is 5.69 Å². The summed E-state index contributed by atoms with van der Waals surface area (Å²) in [5, 5.41) is 34.7. The molecule has 0 bridgehead atoms. The molecule has 3 N–H and O–H groups in total. The molecule has 0 radical (unpaired) electrons. The van der Waals surface area contributed by atoms with E-state index in [1.165, 1.54) is 0 Å². The number of nitriles is 1. The molecule has 0 aromatic heterocycles. The van der Waals surface area contributed by atoms with Gasteiger partial charge in [-0.15, -0.1) is 13.2 Å². The third-order valence-corrected chi connectivity index (χ3v) is 10.1. The lowest BCUT2D eigenvalue weighted by atomic mass is 9.76. The van der Waals surface area contributed by atoms with Crippen LogP contribution in [0.5, 0.6) is 0 Å². The number of rotatable bonds is 16. The van der Waals surface area contributed by atoms with Crippen molar-refractivity contribution < 1.29 is 24.4 Å². The molecule has 3 aromatic rings. The van der Waals surface area contributed by atoms with Gasteiger partial charge >= 0.3 is 11.9 Å². The van der Waals surface area contributed by atoms with Crippen LogP contribution in [0.2, 0.25) is 0 Å². The van der Waals surface area contributed by atoms with Crippen molar-refractivity contribution in [3.8, 4) is 6.07 Å². The summed E-state index contributed by atoms with van der Waals surface area (Å²) in [6.45, 7) is 13.0. The summed E-state index contributed by atoms with van der Waals surface area (Å²) >= 11 is 0. The Morgan fingerprint density at radius 3 is 2.47 bits per heavy atom. The zero-order valence-corrected chi connectivity index (χ0v) is 29.5. The van der Waals surface area contributed by atoms with E-state index in [-0.39, 0.29) is 18.3 Å². The van der Waals surface area contributed by atoms with Gasteiger partial charge < -0.3 is 15.5 Å². The summed E-state index contributed by atoms with van der Waals surface area (Å²) in [6.07, 6.45) is 16.9. The Hall–Kier alpha value is -5.74. The highest BCUT2D eigenvalue weighted by atomic mass is 16.4. The Bertz CT molecular complexity index is 2070. The lowest BCUT2D eigenvalue weighted by Crippen LogP contribution is -2.31. The minimum Gasteiger partial charge on any atom is -0.481 e. The van der Waals surface area contributed by atoms with Crippen molar-refractivity contribution in [2.24, 2.45) is 0 Å². The van der Waals surface area contributed by atoms with E-state index in [1.807, 2.05) is 72.8 Å². The maximum Gasteiger partial charge on any atom is 0.309 e. The molecule has 51 heavy (non-hydrogen) atoms. The van der Waals surface area contributed by atoms with Crippen LogP contribution in [0.4, 0.5) is 11.4 Å². The fourth-order valence-corrected chi connectivity index (χ4v) is 7.62. The van der Waals surface area contributed by atoms with Gasteiger partial charge in [0.1, 0.15) is 6.42 Å². The number of benzene rings is 3. The first-order chi connectivity index (χ1) is 24.6. The first-order valence-corrected chi connectivity index (χ1v) is 17.4. The lowest BCUT2D eigenvalue weighted by molar-refractivity contribution is -0.436. The van der Waals surface area contributed by atoms with Gasteiger partial charge in [0.05, 0.1) is 23.5 Å². The van der Waals surface area contributed by atoms with Crippen molar-refractivity contribution in [3.05, 3.63) is 144 Å². The second-order valence-corrected chi connectivity index (χ2v) is 13.6. The Morgan fingerprint density at radius 2 is 1.75 bits per heavy atom. The molecule has 2 aliphatic rings. The van der Waals surface area contributed by atoms with Crippen LogP contribution in [0, 0.1) is 11.3 Å². The van der Waals surface area contributed by atoms with Crippen LogP contribution < -0.4 is 5.32 Å². The lowest BCUT2D eigenvalue weighted by Gasteiger charge is -2.30. The van der Waals surface area contributed by atoms with Crippen LogP contribution in [0.3, 0.4) is 0 Å². The fourth-order valence-electron chi connectivity index (χ4n) is 7.62. The summed E-state index contributed by atoms with van der Waals surface area (Å²) in [7, 11) is 0. The van der Waals surface area contributed by atoms with Crippen LogP contribution in [0.25, 0.3) is 10.8 Å². The largest absolute Gasteiger partial charge is 0.481 e. The number of aliphatic carboxylic acids is 2. The molecule has 2 atom stereocenters. The van der Waals surface area contributed by atoms with E-state index in [4.69, 9.17) is 0 Å². The number of nitrogens with zero attached hydrogens (tertiary/aromatic N) is 2. The molecule has 260 valence electrons. The fraction of sp³-hybridized carbons (Fsp3) is 0.273. The number of carboxylic acid groups (broad SMARTS) is 2. The molecule has 1 unspecified atom stereocenters.